The number of ether oxygens (including phenoxy) is 1. The summed E-state index contributed by atoms with van der Waals surface area (Å²) in [4.78, 5) is 32.7. The van der Waals surface area contributed by atoms with Gasteiger partial charge in [-0.3, -0.25) is 19.7 Å². The number of likely N-dealkylation sites (tertiary alicyclic amines) is 1. The zero-order valence-corrected chi connectivity index (χ0v) is 26.3. The van der Waals surface area contributed by atoms with E-state index >= 15 is 0 Å². The third-order valence-electron chi connectivity index (χ3n) is 9.25. The first-order valence-corrected chi connectivity index (χ1v) is 15.9. The largest absolute Gasteiger partial charge is 0.492 e. The number of fused-ring (bicyclic) bond motifs is 2. The number of hydrogen-bond acceptors (Lipinski definition) is 8. The van der Waals surface area contributed by atoms with E-state index in [-0.39, 0.29) is 12.3 Å². The van der Waals surface area contributed by atoms with E-state index in [1.807, 2.05) is 28.5 Å². The van der Waals surface area contributed by atoms with Crippen LogP contribution in [0.2, 0.25) is 0 Å². The molecule has 2 fully saturated rings. The summed E-state index contributed by atoms with van der Waals surface area (Å²) in [7, 11) is 1.90. The number of hydrogen-bond donors (Lipinski definition) is 2. The number of aryl methyl sites for hydroxylation is 2. The summed E-state index contributed by atoms with van der Waals surface area (Å²) in [5.41, 5.74) is 13.2. The number of rotatable bonds is 9. The normalized spacial score (nSPS) is 17.6. The first-order valence-electron chi connectivity index (χ1n) is 15.9. The Labute approximate surface area is 267 Å². The van der Waals surface area contributed by atoms with E-state index in [9.17, 15) is 9.59 Å². The second-order valence-corrected chi connectivity index (χ2v) is 12.3. The van der Waals surface area contributed by atoms with Crippen molar-refractivity contribution in [3.8, 4) is 17.0 Å². The summed E-state index contributed by atoms with van der Waals surface area (Å²) < 4.78 is 9.83. The lowest BCUT2D eigenvalue weighted by Gasteiger charge is -2.33. The van der Waals surface area contributed by atoms with Crippen molar-refractivity contribution < 1.29 is 14.3 Å². The van der Waals surface area contributed by atoms with E-state index in [0.29, 0.717) is 31.4 Å². The molecule has 5 aromatic rings. The van der Waals surface area contributed by atoms with Gasteiger partial charge in [0.25, 0.3) is 0 Å². The standard InChI is InChI=1S/C34H39N9O3/c1-22-15-24(6-7-25(22)18-35)32-30-17-27(20-43(30)37-21-36-32)46-14-4-12-41-11-3-5-26(19-41)23-8-9-28-29(16-23)40(2)39-33(28)42-13-10-31(44)38-34(42)45/h6-9,15-17,20-21,26H,3-5,10-14,18-19,35H2,1-2H3,(H,38,44,45)/t26-/m1/s1. The molecule has 46 heavy (non-hydrogen) atoms. The minimum atomic E-state index is -0.417. The minimum absolute atomic E-state index is 0.250. The summed E-state index contributed by atoms with van der Waals surface area (Å²) in [6, 6.07) is 14.3. The number of aromatic nitrogens is 5. The third kappa shape index (κ3) is 5.81. The third-order valence-corrected chi connectivity index (χ3v) is 9.25. The van der Waals surface area contributed by atoms with Gasteiger partial charge in [-0.1, -0.05) is 18.2 Å². The maximum atomic E-state index is 12.5. The number of nitrogens with two attached hydrogens (primary N) is 1. The molecule has 5 heterocycles. The van der Waals surface area contributed by atoms with E-state index in [0.717, 1.165) is 83.5 Å². The van der Waals surface area contributed by atoms with Crippen LogP contribution in [-0.2, 0) is 18.4 Å². The zero-order chi connectivity index (χ0) is 31.8. The summed E-state index contributed by atoms with van der Waals surface area (Å²) in [6.07, 6.45) is 6.95. The van der Waals surface area contributed by atoms with Crippen LogP contribution < -0.4 is 20.7 Å². The smallest absolute Gasteiger partial charge is 0.329 e. The van der Waals surface area contributed by atoms with Gasteiger partial charge in [0.2, 0.25) is 5.91 Å². The molecule has 7 rings (SSSR count). The van der Waals surface area contributed by atoms with E-state index in [4.69, 9.17) is 10.5 Å². The average Bonchev–Trinajstić information content (AvgIpc) is 3.63. The molecule has 3 amide bonds. The quantitative estimate of drug-likeness (QED) is 0.235. The lowest BCUT2D eigenvalue weighted by molar-refractivity contribution is -0.120. The van der Waals surface area contributed by atoms with Gasteiger partial charge in [-0.05, 0) is 73.5 Å². The lowest BCUT2D eigenvalue weighted by Crippen LogP contribution is -2.49. The fraction of sp³-hybridized carbons (Fsp3) is 0.382. The number of nitrogens with zero attached hydrogens (tertiary/aromatic N) is 7. The molecule has 238 valence electrons. The molecular weight excluding hydrogens is 582 g/mol. The number of carbonyl (C=O) groups is 2. The molecule has 12 heteroatoms. The van der Waals surface area contributed by atoms with Crippen LogP contribution in [0.1, 0.15) is 48.3 Å². The number of carbonyl (C=O) groups excluding carboxylic acids is 2. The Kier molecular flexibility index (Phi) is 8.14. The predicted octanol–water partition coefficient (Wildman–Crippen LogP) is 4.14. The van der Waals surface area contributed by atoms with Crippen LogP contribution in [0.4, 0.5) is 10.6 Å². The van der Waals surface area contributed by atoms with Crippen molar-refractivity contribution in [2.75, 3.05) is 37.7 Å². The Morgan fingerprint density at radius 3 is 2.80 bits per heavy atom. The zero-order valence-electron chi connectivity index (χ0n) is 26.3. The van der Waals surface area contributed by atoms with Gasteiger partial charge >= 0.3 is 6.03 Å². The minimum Gasteiger partial charge on any atom is -0.492 e. The number of imide groups is 1. The molecular formula is C34H39N9O3. The number of benzene rings is 2. The number of urea groups is 1. The van der Waals surface area contributed by atoms with Crippen molar-refractivity contribution in [1.29, 1.82) is 0 Å². The van der Waals surface area contributed by atoms with Gasteiger partial charge in [-0.15, -0.1) is 0 Å². The van der Waals surface area contributed by atoms with Crippen molar-refractivity contribution in [3.05, 3.63) is 71.7 Å². The first-order chi connectivity index (χ1) is 22.4. The molecule has 3 N–H and O–H groups in total. The fourth-order valence-electron chi connectivity index (χ4n) is 6.76. The lowest BCUT2D eigenvalue weighted by atomic mass is 9.90. The average molecular weight is 622 g/mol. The van der Waals surface area contributed by atoms with E-state index in [2.05, 4.69) is 68.7 Å². The van der Waals surface area contributed by atoms with Gasteiger partial charge in [-0.25, -0.2) is 14.3 Å². The molecule has 0 spiro atoms. The highest BCUT2D eigenvalue weighted by Gasteiger charge is 2.29. The SMILES string of the molecule is Cc1cc(-c2ncnn3cc(OCCCN4CCC[C@@H](c5ccc6c(N7CCC(=O)NC7=O)nn(C)c6c5)C4)cc23)ccc1CN. The van der Waals surface area contributed by atoms with Crippen LogP contribution in [0.5, 0.6) is 5.75 Å². The molecule has 2 aromatic carbocycles. The number of amides is 3. The van der Waals surface area contributed by atoms with E-state index in [1.165, 1.54) is 5.56 Å². The summed E-state index contributed by atoms with van der Waals surface area (Å²) in [5, 5.41) is 12.3. The summed E-state index contributed by atoms with van der Waals surface area (Å²) >= 11 is 0. The Morgan fingerprint density at radius 1 is 1.09 bits per heavy atom. The van der Waals surface area contributed by atoms with Gasteiger partial charge in [0.1, 0.15) is 12.1 Å². The van der Waals surface area contributed by atoms with Crippen molar-refractivity contribution in [3.63, 3.8) is 0 Å². The van der Waals surface area contributed by atoms with E-state index < -0.39 is 6.03 Å². The molecule has 0 saturated carbocycles. The van der Waals surface area contributed by atoms with Gasteiger partial charge < -0.3 is 15.4 Å². The second-order valence-electron chi connectivity index (χ2n) is 12.3. The van der Waals surface area contributed by atoms with Crippen molar-refractivity contribution >= 4 is 34.2 Å². The van der Waals surface area contributed by atoms with E-state index in [1.54, 1.807) is 11.2 Å². The monoisotopic (exact) mass is 621 g/mol. The van der Waals surface area contributed by atoms with Gasteiger partial charge in [0.15, 0.2) is 5.82 Å². The molecule has 12 nitrogen and oxygen atoms in total. The van der Waals surface area contributed by atoms with Crippen LogP contribution in [0.15, 0.2) is 55.0 Å². The maximum absolute atomic E-state index is 12.5. The molecule has 3 aromatic heterocycles. The van der Waals surface area contributed by atoms with Gasteiger partial charge in [0, 0.05) is 56.7 Å². The second kappa shape index (κ2) is 12.5. The van der Waals surface area contributed by atoms with Crippen molar-refractivity contribution in [2.24, 2.45) is 12.8 Å². The highest BCUT2D eigenvalue weighted by molar-refractivity contribution is 6.08. The molecule has 2 aliphatic rings. The van der Waals surface area contributed by atoms with Crippen LogP contribution in [0.3, 0.4) is 0 Å². The Bertz CT molecular complexity index is 1930. The first kappa shape index (κ1) is 29.9. The highest BCUT2D eigenvalue weighted by atomic mass is 16.5. The fourth-order valence-corrected chi connectivity index (χ4v) is 6.76. The predicted molar refractivity (Wildman–Crippen MR) is 176 cm³/mol. The molecule has 0 bridgehead atoms. The van der Waals surface area contributed by atoms with Crippen LogP contribution in [-0.4, -0.2) is 74.0 Å². The van der Waals surface area contributed by atoms with Crippen LogP contribution >= 0.6 is 0 Å². The highest BCUT2D eigenvalue weighted by Crippen LogP contribution is 2.33. The molecule has 1 atom stereocenters. The van der Waals surface area contributed by atoms with Gasteiger partial charge in [0.05, 0.1) is 29.5 Å². The Hall–Kier alpha value is -4.81. The van der Waals surface area contributed by atoms with Gasteiger partial charge in [-0.2, -0.15) is 10.2 Å². The maximum Gasteiger partial charge on any atom is 0.329 e. The Balaban J connectivity index is 0.967. The Morgan fingerprint density at radius 2 is 1.98 bits per heavy atom. The van der Waals surface area contributed by atoms with Crippen molar-refractivity contribution in [2.45, 2.75) is 45.1 Å². The summed E-state index contributed by atoms with van der Waals surface area (Å²) in [6.45, 7) is 6.56. The molecule has 2 aliphatic heterocycles. The topological polar surface area (TPSA) is 136 Å². The van der Waals surface area contributed by atoms with Crippen LogP contribution in [0.25, 0.3) is 27.7 Å². The summed E-state index contributed by atoms with van der Waals surface area (Å²) in [5.74, 6) is 1.55. The number of piperidine rings is 1. The number of nitrogens with one attached hydrogen (secondary N) is 1. The molecule has 0 aliphatic carbocycles. The van der Waals surface area contributed by atoms with Crippen LogP contribution in [0, 0.1) is 6.92 Å². The molecule has 0 radical (unpaired) electrons. The molecule has 0 unspecified atom stereocenters. The van der Waals surface area contributed by atoms with Crippen molar-refractivity contribution in [1.82, 2.24) is 34.6 Å². The number of anilines is 1. The molecule has 2 saturated heterocycles.